The minimum Gasteiger partial charge on any atom is -0.385 e. The van der Waals surface area contributed by atoms with Crippen molar-refractivity contribution in [3.8, 4) is 0 Å². The smallest absolute Gasteiger partial charge is 0.126 e. The molecule has 1 aromatic rings. The van der Waals surface area contributed by atoms with Gasteiger partial charge in [0.15, 0.2) is 0 Å². The molecule has 1 saturated carbocycles. The highest BCUT2D eigenvalue weighted by Gasteiger charge is 2.34. The Morgan fingerprint density at radius 2 is 2.00 bits per heavy atom. The van der Waals surface area contributed by atoms with Crippen LogP contribution < -0.4 is 5.32 Å². The molecule has 1 fully saturated rings. The highest BCUT2D eigenvalue weighted by Crippen LogP contribution is 2.37. The van der Waals surface area contributed by atoms with Gasteiger partial charge in [-0.1, -0.05) is 12.1 Å². The summed E-state index contributed by atoms with van der Waals surface area (Å²) >= 11 is 0. The summed E-state index contributed by atoms with van der Waals surface area (Å²) in [5, 5.41) is 13.8. The Balaban J connectivity index is 2.18. The third-order valence-electron chi connectivity index (χ3n) is 3.93. The molecular formula is C14H20FNO. The Morgan fingerprint density at radius 3 is 2.53 bits per heavy atom. The van der Waals surface area contributed by atoms with Gasteiger partial charge in [-0.15, -0.1) is 0 Å². The van der Waals surface area contributed by atoms with E-state index in [1.54, 1.807) is 13.0 Å². The van der Waals surface area contributed by atoms with Crippen molar-refractivity contribution >= 4 is 0 Å². The molecule has 0 aromatic heterocycles. The summed E-state index contributed by atoms with van der Waals surface area (Å²) < 4.78 is 13.5. The highest BCUT2D eigenvalue weighted by molar-refractivity contribution is 5.28. The van der Waals surface area contributed by atoms with Gasteiger partial charge in [0.25, 0.3) is 0 Å². The molecule has 0 atom stereocenters. The third-order valence-corrected chi connectivity index (χ3v) is 3.93. The number of aliphatic hydroxyl groups is 1. The van der Waals surface area contributed by atoms with Gasteiger partial charge in [-0.2, -0.15) is 0 Å². The van der Waals surface area contributed by atoms with Crippen LogP contribution in [0, 0.1) is 12.7 Å². The Kier molecular flexibility index (Phi) is 3.50. The van der Waals surface area contributed by atoms with Gasteiger partial charge in [0, 0.05) is 6.04 Å². The predicted molar refractivity (Wildman–Crippen MR) is 66.3 cm³/mol. The van der Waals surface area contributed by atoms with Crippen molar-refractivity contribution in [3.63, 3.8) is 0 Å². The first-order chi connectivity index (χ1) is 8.05. The van der Waals surface area contributed by atoms with E-state index in [1.807, 2.05) is 13.1 Å². The first-order valence-corrected chi connectivity index (χ1v) is 6.21. The molecule has 1 aliphatic rings. The van der Waals surface area contributed by atoms with E-state index in [2.05, 4.69) is 5.32 Å². The minimum atomic E-state index is -0.845. The van der Waals surface area contributed by atoms with Crippen molar-refractivity contribution in [1.82, 2.24) is 5.32 Å². The Bertz CT molecular complexity index is 397. The average Bonchev–Trinajstić information content (AvgIpc) is 2.33. The standard InChI is InChI=1S/C14H20FNO/c1-10-3-4-11(9-13(10)15)14(17)7-5-12(16-2)6-8-14/h3-4,9,12,16-17H,5-8H2,1-2H3. The molecular weight excluding hydrogens is 217 g/mol. The second-order valence-corrected chi connectivity index (χ2v) is 5.06. The van der Waals surface area contributed by atoms with Gasteiger partial charge >= 0.3 is 0 Å². The Labute approximate surface area is 102 Å². The van der Waals surface area contributed by atoms with Crippen LogP contribution in [0.5, 0.6) is 0 Å². The summed E-state index contributed by atoms with van der Waals surface area (Å²) in [6.45, 7) is 1.74. The molecule has 2 nitrogen and oxygen atoms in total. The maximum absolute atomic E-state index is 13.5. The molecule has 0 heterocycles. The van der Waals surface area contributed by atoms with Crippen LogP contribution in [0.3, 0.4) is 0 Å². The topological polar surface area (TPSA) is 32.3 Å². The summed E-state index contributed by atoms with van der Waals surface area (Å²) in [5.74, 6) is -0.230. The Hall–Kier alpha value is -0.930. The summed E-state index contributed by atoms with van der Waals surface area (Å²) in [6, 6.07) is 5.55. The van der Waals surface area contributed by atoms with Crippen LogP contribution in [0.1, 0.15) is 36.8 Å². The second kappa shape index (κ2) is 4.75. The maximum atomic E-state index is 13.5. The van der Waals surface area contributed by atoms with Crippen molar-refractivity contribution in [2.24, 2.45) is 0 Å². The van der Waals surface area contributed by atoms with Gasteiger partial charge in [-0.25, -0.2) is 4.39 Å². The number of aryl methyl sites for hydroxylation is 1. The zero-order valence-corrected chi connectivity index (χ0v) is 10.5. The normalized spacial score (nSPS) is 29.3. The van der Waals surface area contributed by atoms with E-state index in [0.717, 1.165) is 18.4 Å². The van der Waals surface area contributed by atoms with Crippen LogP contribution in [0.25, 0.3) is 0 Å². The molecule has 0 bridgehead atoms. The summed E-state index contributed by atoms with van der Waals surface area (Å²) in [7, 11) is 1.95. The molecule has 2 rings (SSSR count). The molecule has 0 amide bonds. The number of halogens is 1. The lowest BCUT2D eigenvalue weighted by Crippen LogP contribution is -2.38. The lowest BCUT2D eigenvalue weighted by molar-refractivity contribution is -0.00788. The van der Waals surface area contributed by atoms with Gasteiger partial charge in [-0.05, 0) is 56.8 Å². The van der Waals surface area contributed by atoms with Gasteiger partial charge in [0.1, 0.15) is 5.82 Å². The molecule has 94 valence electrons. The van der Waals surface area contributed by atoms with Crippen LogP contribution in [0.4, 0.5) is 4.39 Å². The van der Waals surface area contributed by atoms with Crippen molar-refractivity contribution in [1.29, 1.82) is 0 Å². The maximum Gasteiger partial charge on any atom is 0.126 e. The van der Waals surface area contributed by atoms with Crippen molar-refractivity contribution in [2.75, 3.05) is 7.05 Å². The van der Waals surface area contributed by atoms with E-state index in [4.69, 9.17) is 0 Å². The van der Waals surface area contributed by atoms with Crippen molar-refractivity contribution in [2.45, 2.75) is 44.2 Å². The summed E-state index contributed by atoms with van der Waals surface area (Å²) in [5.41, 5.74) is 0.499. The SMILES string of the molecule is CNC1CCC(O)(c2ccc(C)c(F)c2)CC1. The molecule has 1 aliphatic carbocycles. The van der Waals surface area contributed by atoms with Gasteiger partial charge in [0.05, 0.1) is 5.60 Å². The van der Waals surface area contributed by atoms with Crippen LogP contribution in [-0.4, -0.2) is 18.2 Å². The average molecular weight is 237 g/mol. The largest absolute Gasteiger partial charge is 0.385 e. The van der Waals surface area contributed by atoms with Crippen molar-refractivity contribution < 1.29 is 9.50 Å². The number of hydrogen-bond donors (Lipinski definition) is 2. The van der Waals surface area contributed by atoms with Gasteiger partial charge in [-0.3, -0.25) is 0 Å². The second-order valence-electron chi connectivity index (χ2n) is 5.06. The first kappa shape index (κ1) is 12.5. The van der Waals surface area contributed by atoms with Crippen molar-refractivity contribution in [3.05, 3.63) is 35.1 Å². The molecule has 0 unspecified atom stereocenters. The summed E-state index contributed by atoms with van der Waals surface area (Å²) in [4.78, 5) is 0. The molecule has 17 heavy (non-hydrogen) atoms. The van der Waals surface area contributed by atoms with E-state index >= 15 is 0 Å². The van der Waals surface area contributed by atoms with Crippen LogP contribution in [-0.2, 0) is 5.60 Å². The van der Waals surface area contributed by atoms with E-state index in [-0.39, 0.29) is 5.82 Å². The van der Waals surface area contributed by atoms with Crippen LogP contribution in [0.2, 0.25) is 0 Å². The molecule has 0 radical (unpaired) electrons. The molecule has 3 heteroatoms. The van der Waals surface area contributed by atoms with E-state index in [0.29, 0.717) is 24.4 Å². The zero-order valence-electron chi connectivity index (χ0n) is 10.5. The predicted octanol–water partition coefficient (Wildman–Crippen LogP) is 2.48. The fraction of sp³-hybridized carbons (Fsp3) is 0.571. The van der Waals surface area contributed by atoms with Gasteiger partial charge in [0.2, 0.25) is 0 Å². The third kappa shape index (κ3) is 2.50. The molecule has 0 spiro atoms. The number of hydrogen-bond acceptors (Lipinski definition) is 2. The highest BCUT2D eigenvalue weighted by atomic mass is 19.1. The fourth-order valence-electron chi connectivity index (χ4n) is 2.56. The minimum absolute atomic E-state index is 0.230. The Morgan fingerprint density at radius 1 is 1.35 bits per heavy atom. The van der Waals surface area contributed by atoms with Gasteiger partial charge < -0.3 is 10.4 Å². The van der Waals surface area contributed by atoms with Crippen LogP contribution >= 0.6 is 0 Å². The number of rotatable bonds is 2. The monoisotopic (exact) mass is 237 g/mol. The fourth-order valence-corrected chi connectivity index (χ4v) is 2.56. The molecule has 2 N–H and O–H groups in total. The lowest BCUT2D eigenvalue weighted by atomic mass is 9.77. The van der Waals surface area contributed by atoms with Crippen LogP contribution in [0.15, 0.2) is 18.2 Å². The van der Waals surface area contributed by atoms with E-state index in [1.165, 1.54) is 6.07 Å². The number of benzene rings is 1. The quantitative estimate of drug-likeness (QED) is 0.828. The lowest BCUT2D eigenvalue weighted by Gasteiger charge is -2.36. The van der Waals surface area contributed by atoms with E-state index in [9.17, 15) is 9.50 Å². The molecule has 0 saturated heterocycles. The summed E-state index contributed by atoms with van der Waals surface area (Å²) in [6.07, 6.45) is 3.26. The zero-order chi connectivity index (χ0) is 12.5. The first-order valence-electron chi connectivity index (χ1n) is 6.21. The number of nitrogens with one attached hydrogen (secondary N) is 1. The molecule has 0 aliphatic heterocycles. The molecule has 1 aromatic carbocycles. The van der Waals surface area contributed by atoms with E-state index < -0.39 is 5.60 Å².